The Hall–Kier alpha value is -1.94. The molecule has 4 heteroatoms. The third kappa shape index (κ3) is 4.34. The van der Waals surface area contributed by atoms with E-state index in [0.717, 1.165) is 18.7 Å². The van der Waals surface area contributed by atoms with Crippen molar-refractivity contribution in [2.24, 2.45) is 0 Å². The molecule has 1 aromatic heterocycles. The zero-order chi connectivity index (χ0) is 13.5. The average Bonchev–Trinajstić information content (AvgIpc) is 2.46. The highest BCUT2D eigenvalue weighted by atomic mass is 16.5. The molecule has 0 aliphatic carbocycles. The number of ether oxygens (including phenoxy) is 1. The first kappa shape index (κ1) is 13.5. The minimum atomic E-state index is 0.347. The molecule has 0 spiro atoms. The van der Waals surface area contributed by atoms with Crippen LogP contribution in [0.25, 0.3) is 0 Å². The van der Waals surface area contributed by atoms with Gasteiger partial charge in [0.1, 0.15) is 6.33 Å². The quantitative estimate of drug-likeness (QED) is 0.862. The fourth-order valence-corrected chi connectivity index (χ4v) is 1.87. The van der Waals surface area contributed by atoms with Crippen molar-refractivity contribution in [2.45, 2.75) is 25.9 Å². The van der Waals surface area contributed by atoms with Crippen molar-refractivity contribution in [1.29, 1.82) is 0 Å². The molecule has 0 amide bonds. The van der Waals surface area contributed by atoms with E-state index in [1.54, 1.807) is 7.11 Å². The highest BCUT2D eigenvalue weighted by Gasteiger charge is 2.05. The monoisotopic (exact) mass is 257 g/mol. The smallest absolute Gasteiger partial charge is 0.216 e. The van der Waals surface area contributed by atoms with Gasteiger partial charge in [-0.05, 0) is 12.5 Å². The van der Waals surface area contributed by atoms with E-state index >= 15 is 0 Å². The van der Waals surface area contributed by atoms with Crippen molar-refractivity contribution < 1.29 is 4.74 Å². The first-order valence-electron chi connectivity index (χ1n) is 6.40. The summed E-state index contributed by atoms with van der Waals surface area (Å²) in [6.45, 7) is 3.02. The summed E-state index contributed by atoms with van der Waals surface area (Å²) in [5.41, 5.74) is 2.27. The molecule has 0 bridgehead atoms. The Morgan fingerprint density at radius 2 is 2.00 bits per heavy atom. The standard InChI is InChI=1S/C15H19N3O/c1-12(16-10-13-6-4-3-5-7-13)8-14-9-15(19-2)18-11-17-14/h3-7,9,11-12,16H,8,10H2,1-2H3/t12-/m0/s1. The van der Waals surface area contributed by atoms with E-state index in [2.05, 4.69) is 46.5 Å². The van der Waals surface area contributed by atoms with Crippen LogP contribution >= 0.6 is 0 Å². The normalized spacial score (nSPS) is 12.1. The van der Waals surface area contributed by atoms with Gasteiger partial charge in [0.05, 0.1) is 7.11 Å². The molecule has 4 nitrogen and oxygen atoms in total. The molecule has 0 unspecified atom stereocenters. The largest absolute Gasteiger partial charge is 0.481 e. The van der Waals surface area contributed by atoms with Crippen LogP contribution < -0.4 is 10.1 Å². The number of rotatable bonds is 6. The Morgan fingerprint density at radius 3 is 2.74 bits per heavy atom. The second-order valence-electron chi connectivity index (χ2n) is 4.52. The summed E-state index contributed by atoms with van der Waals surface area (Å²) >= 11 is 0. The molecular formula is C15H19N3O. The van der Waals surface area contributed by atoms with Gasteiger partial charge in [0.2, 0.25) is 5.88 Å². The molecule has 1 N–H and O–H groups in total. The minimum absolute atomic E-state index is 0.347. The molecule has 2 rings (SSSR count). The topological polar surface area (TPSA) is 47.0 Å². The third-order valence-electron chi connectivity index (χ3n) is 2.92. The van der Waals surface area contributed by atoms with Gasteiger partial charge in [0, 0.05) is 30.8 Å². The molecule has 1 aromatic carbocycles. The second-order valence-corrected chi connectivity index (χ2v) is 4.52. The van der Waals surface area contributed by atoms with Crippen LogP contribution in [-0.4, -0.2) is 23.1 Å². The van der Waals surface area contributed by atoms with E-state index in [-0.39, 0.29) is 0 Å². The van der Waals surface area contributed by atoms with Crippen molar-refractivity contribution in [1.82, 2.24) is 15.3 Å². The molecule has 0 fully saturated rings. The van der Waals surface area contributed by atoms with Crippen molar-refractivity contribution in [3.63, 3.8) is 0 Å². The van der Waals surface area contributed by atoms with E-state index in [1.165, 1.54) is 11.9 Å². The molecule has 1 atom stereocenters. The highest BCUT2D eigenvalue weighted by molar-refractivity contribution is 5.15. The van der Waals surface area contributed by atoms with Crippen molar-refractivity contribution >= 4 is 0 Å². The number of nitrogens with zero attached hydrogens (tertiary/aromatic N) is 2. The van der Waals surface area contributed by atoms with Crippen LogP contribution in [-0.2, 0) is 13.0 Å². The molecule has 100 valence electrons. The Kier molecular flexibility index (Phi) is 4.86. The summed E-state index contributed by atoms with van der Waals surface area (Å²) in [6, 6.07) is 12.6. The van der Waals surface area contributed by atoms with E-state index in [4.69, 9.17) is 4.74 Å². The maximum absolute atomic E-state index is 5.09. The number of hydrogen-bond donors (Lipinski definition) is 1. The van der Waals surface area contributed by atoms with Crippen LogP contribution in [0, 0.1) is 0 Å². The Balaban J connectivity index is 1.85. The van der Waals surface area contributed by atoms with Gasteiger partial charge in [-0.2, -0.15) is 0 Å². The molecular weight excluding hydrogens is 238 g/mol. The SMILES string of the molecule is COc1cc(C[C@H](C)NCc2ccccc2)ncn1. The lowest BCUT2D eigenvalue weighted by atomic mass is 10.1. The summed E-state index contributed by atoms with van der Waals surface area (Å²) < 4.78 is 5.09. The Labute approximate surface area is 113 Å². The number of aromatic nitrogens is 2. The fourth-order valence-electron chi connectivity index (χ4n) is 1.87. The van der Waals surface area contributed by atoms with Crippen LogP contribution in [0.4, 0.5) is 0 Å². The Morgan fingerprint density at radius 1 is 1.21 bits per heavy atom. The highest BCUT2D eigenvalue weighted by Crippen LogP contribution is 2.08. The van der Waals surface area contributed by atoms with E-state index < -0.39 is 0 Å². The van der Waals surface area contributed by atoms with E-state index in [0.29, 0.717) is 11.9 Å². The van der Waals surface area contributed by atoms with Crippen LogP contribution in [0.1, 0.15) is 18.2 Å². The lowest BCUT2D eigenvalue weighted by Gasteiger charge is -2.13. The molecule has 0 saturated carbocycles. The van der Waals surface area contributed by atoms with Crippen molar-refractivity contribution in [2.75, 3.05) is 7.11 Å². The molecule has 0 aliphatic rings. The predicted molar refractivity (Wildman–Crippen MR) is 75.0 cm³/mol. The van der Waals surface area contributed by atoms with Gasteiger partial charge >= 0.3 is 0 Å². The first-order valence-corrected chi connectivity index (χ1v) is 6.40. The molecule has 0 aliphatic heterocycles. The van der Waals surface area contributed by atoms with Crippen LogP contribution in [0.15, 0.2) is 42.7 Å². The summed E-state index contributed by atoms with van der Waals surface area (Å²) in [5.74, 6) is 0.611. The molecule has 2 aromatic rings. The van der Waals surface area contributed by atoms with Crippen LogP contribution in [0.5, 0.6) is 5.88 Å². The van der Waals surface area contributed by atoms with Crippen molar-refractivity contribution in [3.8, 4) is 5.88 Å². The maximum Gasteiger partial charge on any atom is 0.216 e. The van der Waals surface area contributed by atoms with Gasteiger partial charge < -0.3 is 10.1 Å². The zero-order valence-corrected chi connectivity index (χ0v) is 11.3. The molecule has 0 saturated heterocycles. The summed E-state index contributed by atoms with van der Waals surface area (Å²) in [5, 5.41) is 3.48. The van der Waals surface area contributed by atoms with Crippen molar-refractivity contribution in [3.05, 3.63) is 54.0 Å². The summed E-state index contributed by atoms with van der Waals surface area (Å²) in [4.78, 5) is 8.26. The predicted octanol–water partition coefficient (Wildman–Crippen LogP) is 2.21. The van der Waals surface area contributed by atoms with Gasteiger partial charge in [-0.25, -0.2) is 9.97 Å². The van der Waals surface area contributed by atoms with Gasteiger partial charge in [0.25, 0.3) is 0 Å². The minimum Gasteiger partial charge on any atom is -0.481 e. The van der Waals surface area contributed by atoms with Gasteiger partial charge in [-0.15, -0.1) is 0 Å². The van der Waals surface area contributed by atoms with Crippen LogP contribution in [0.2, 0.25) is 0 Å². The Bertz CT molecular complexity index is 502. The van der Waals surface area contributed by atoms with Gasteiger partial charge in [-0.1, -0.05) is 30.3 Å². The fraction of sp³-hybridized carbons (Fsp3) is 0.333. The van der Waals surface area contributed by atoms with Crippen LogP contribution in [0.3, 0.4) is 0 Å². The lowest BCUT2D eigenvalue weighted by Crippen LogP contribution is -2.27. The van der Waals surface area contributed by atoms with Gasteiger partial charge in [0.15, 0.2) is 0 Å². The summed E-state index contributed by atoms with van der Waals surface area (Å²) in [7, 11) is 1.61. The zero-order valence-electron chi connectivity index (χ0n) is 11.3. The third-order valence-corrected chi connectivity index (χ3v) is 2.92. The van der Waals surface area contributed by atoms with Gasteiger partial charge in [-0.3, -0.25) is 0 Å². The second kappa shape index (κ2) is 6.85. The number of benzene rings is 1. The number of nitrogens with one attached hydrogen (secondary N) is 1. The molecule has 19 heavy (non-hydrogen) atoms. The molecule has 0 radical (unpaired) electrons. The first-order chi connectivity index (χ1) is 9.28. The number of hydrogen-bond acceptors (Lipinski definition) is 4. The lowest BCUT2D eigenvalue weighted by molar-refractivity contribution is 0.395. The molecule has 1 heterocycles. The maximum atomic E-state index is 5.09. The summed E-state index contributed by atoms with van der Waals surface area (Å²) in [6.07, 6.45) is 2.39. The number of methoxy groups -OCH3 is 1. The average molecular weight is 257 g/mol. The van der Waals surface area contributed by atoms with E-state index in [9.17, 15) is 0 Å². The van der Waals surface area contributed by atoms with E-state index in [1.807, 2.05) is 12.1 Å².